The predicted octanol–water partition coefficient (Wildman–Crippen LogP) is 2.65. The van der Waals surface area contributed by atoms with E-state index < -0.39 is 0 Å². The molecular weight excluding hydrogens is 202 g/mol. The van der Waals surface area contributed by atoms with Gasteiger partial charge in [0.2, 0.25) is 0 Å². The molecule has 0 unspecified atom stereocenters. The third-order valence-corrected chi connectivity index (χ3v) is 2.73. The molecule has 1 heterocycles. The average molecular weight is 223 g/mol. The van der Waals surface area contributed by atoms with Crippen molar-refractivity contribution >= 4 is 5.90 Å². The molecule has 0 spiro atoms. The lowest BCUT2D eigenvalue weighted by molar-refractivity contribution is 0.386. The Morgan fingerprint density at radius 1 is 1.50 bits per heavy atom. The maximum absolute atomic E-state index is 7.49. The van der Waals surface area contributed by atoms with Crippen molar-refractivity contribution < 1.29 is 4.74 Å². The molecule has 0 saturated heterocycles. The van der Waals surface area contributed by atoms with E-state index in [1.807, 2.05) is 0 Å². The monoisotopic (exact) mass is 223 g/mol. The lowest BCUT2D eigenvalue weighted by Crippen LogP contribution is -2.04. The summed E-state index contributed by atoms with van der Waals surface area (Å²) >= 11 is 0. The summed E-state index contributed by atoms with van der Waals surface area (Å²) in [5.74, 6) is 0.751. The number of nitrogens with zero attached hydrogens (tertiary/aromatic N) is 1. The van der Waals surface area contributed by atoms with E-state index in [0.29, 0.717) is 18.2 Å². The second-order valence-corrected chi connectivity index (χ2v) is 4.20. The fourth-order valence-corrected chi connectivity index (χ4v) is 1.81. The first-order valence-corrected chi connectivity index (χ1v) is 5.77. The van der Waals surface area contributed by atoms with Crippen molar-refractivity contribution in [3.8, 4) is 0 Å². The van der Waals surface area contributed by atoms with Crippen LogP contribution in [0.5, 0.6) is 0 Å². The predicted molar refractivity (Wildman–Crippen MR) is 65.1 cm³/mol. The van der Waals surface area contributed by atoms with Crippen LogP contribution in [0.15, 0.2) is 0 Å². The van der Waals surface area contributed by atoms with Crippen LogP contribution in [0.25, 0.3) is 0 Å². The summed E-state index contributed by atoms with van der Waals surface area (Å²) in [6.45, 7) is 6.39. The number of aromatic nitrogens is 2. The highest BCUT2D eigenvalue weighted by atomic mass is 16.5. The molecule has 0 amide bonds. The van der Waals surface area contributed by atoms with E-state index in [1.165, 1.54) is 11.3 Å². The van der Waals surface area contributed by atoms with Gasteiger partial charge in [0, 0.05) is 12.1 Å². The number of hydrogen-bond donors (Lipinski definition) is 2. The van der Waals surface area contributed by atoms with E-state index in [9.17, 15) is 0 Å². The van der Waals surface area contributed by atoms with Gasteiger partial charge in [0.1, 0.15) is 0 Å². The second kappa shape index (κ2) is 5.68. The van der Waals surface area contributed by atoms with Crippen molar-refractivity contribution in [3.05, 3.63) is 17.0 Å². The van der Waals surface area contributed by atoms with Crippen molar-refractivity contribution in [3.63, 3.8) is 0 Å². The number of rotatable bonds is 5. The summed E-state index contributed by atoms with van der Waals surface area (Å²) in [5, 5.41) is 14.9. The minimum absolute atomic E-state index is 0.331. The highest BCUT2D eigenvalue weighted by Gasteiger charge is 2.15. The zero-order valence-electron chi connectivity index (χ0n) is 10.6. The summed E-state index contributed by atoms with van der Waals surface area (Å²) in [6, 6.07) is 0. The molecule has 1 aromatic rings. The molecule has 0 aromatic carbocycles. The normalized spacial score (nSPS) is 10.8. The van der Waals surface area contributed by atoms with Gasteiger partial charge in [0.15, 0.2) is 5.90 Å². The first-order valence-electron chi connectivity index (χ1n) is 5.77. The number of methoxy groups -OCH3 is 1. The lowest BCUT2D eigenvalue weighted by atomic mass is 9.99. The minimum atomic E-state index is 0.331. The van der Waals surface area contributed by atoms with Crippen molar-refractivity contribution in [2.24, 2.45) is 0 Å². The molecule has 0 saturated carbocycles. The van der Waals surface area contributed by atoms with Crippen LogP contribution in [-0.4, -0.2) is 23.2 Å². The lowest BCUT2D eigenvalue weighted by Gasteiger charge is -2.07. The van der Waals surface area contributed by atoms with E-state index in [1.54, 1.807) is 7.11 Å². The van der Waals surface area contributed by atoms with Crippen molar-refractivity contribution in [2.75, 3.05) is 7.11 Å². The molecule has 16 heavy (non-hydrogen) atoms. The summed E-state index contributed by atoms with van der Waals surface area (Å²) in [4.78, 5) is 0. The Labute approximate surface area is 96.9 Å². The van der Waals surface area contributed by atoms with Gasteiger partial charge >= 0.3 is 0 Å². The fourth-order valence-electron chi connectivity index (χ4n) is 1.81. The van der Waals surface area contributed by atoms with E-state index in [4.69, 9.17) is 10.1 Å². The van der Waals surface area contributed by atoms with Crippen LogP contribution < -0.4 is 0 Å². The molecule has 0 radical (unpaired) electrons. The number of aromatic amines is 1. The van der Waals surface area contributed by atoms with Gasteiger partial charge in [-0.05, 0) is 24.3 Å². The molecule has 0 aliphatic carbocycles. The van der Waals surface area contributed by atoms with Crippen LogP contribution in [-0.2, 0) is 17.6 Å². The Morgan fingerprint density at radius 3 is 2.69 bits per heavy atom. The molecule has 0 aliphatic rings. The molecule has 1 rings (SSSR count). The number of ether oxygens (including phenoxy) is 1. The molecule has 4 heteroatoms. The molecular formula is C12H21N3O. The number of H-pyrrole nitrogens is 1. The third-order valence-electron chi connectivity index (χ3n) is 2.73. The van der Waals surface area contributed by atoms with Crippen molar-refractivity contribution in [1.82, 2.24) is 10.2 Å². The van der Waals surface area contributed by atoms with Crippen molar-refractivity contribution in [2.45, 2.75) is 46.0 Å². The third kappa shape index (κ3) is 2.84. The van der Waals surface area contributed by atoms with E-state index in [0.717, 1.165) is 18.5 Å². The van der Waals surface area contributed by atoms with E-state index in [-0.39, 0.29) is 0 Å². The second-order valence-electron chi connectivity index (χ2n) is 4.20. The van der Waals surface area contributed by atoms with Crippen LogP contribution >= 0.6 is 0 Å². The van der Waals surface area contributed by atoms with Crippen LogP contribution in [0.3, 0.4) is 0 Å². The molecule has 2 N–H and O–H groups in total. The first-order chi connectivity index (χ1) is 7.60. The Hall–Kier alpha value is -1.32. The van der Waals surface area contributed by atoms with Gasteiger partial charge in [-0.15, -0.1) is 0 Å². The quantitative estimate of drug-likeness (QED) is 0.595. The largest absolute Gasteiger partial charge is 0.484 e. The minimum Gasteiger partial charge on any atom is -0.484 e. The molecule has 4 nitrogen and oxygen atoms in total. The van der Waals surface area contributed by atoms with Gasteiger partial charge in [-0.1, -0.05) is 20.8 Å². The molecule has 90 valence electrons. The summed E-state index contributed by atoms with van der Waals surface area (Å²) < 4.78 is 4.88. The smallest absolute Gasteiger partial charge is 0.180 e. The number of hydrogen-bond acceptors (Lipinski definition) is 3. The summed E-state index contributed by atoms with van der Waals surface area (Å²) in [6.07, 6.45) is 2.43. The first kappa shape index (κ1) is 12.7. The Bertz CT molecular complexity index is 355. The molecule has 0 atom stereocenters. The Kier molecular flexibility index (Phi) is 4.52. The highest BCUT2D eigenvalue weighted by Crippen LogP contribution is 2.21. The van der Waals surface area contributed by atoms with Gasteiger partial charge in [-0.3, -0.25) is 10.5 Å². The zero-order chi connectivity index (χ0) is 12.1. The SMILES string of the molecule is CCc1[nH]nc(C(C)C)c1CCC(=N)OC. The fraction of sp³-hybridized carbons (Fsp3) is 0.667. The Balaban J connectivity index is 2.82. The maximum atomic E-state index is 7.49. The van der Waals surface area contributed by atoms with E-state index >= 15 is 0 Å². The van der Waals surface area contributed by atoms with Crippen LogP contribution in [0, 0.1) is 5.41 Å². The molecule has 0 fully saturated rings. The Morgan fingerprint density at radius 2 is 2.19 bits per heavy atom. The maximum Gasteiger partial charge on any atom is 0.180 e. The van der Waals surface area contributed by atoms with Crippen LogP contribution in [0.4, 0.5) is 0 Å². The van der Waals surface area contributed by atoms with Crippen LogP contribution in [0.2, 0.25) is 0 Å². The molecule has 0 aliphatic heterocycles. The average Bonchev–Trinajstić information content (AvgIpc) is 2.68. The van der Waals surface area contributed by atoms with Gasteiger partial charge in [0.05, 0.1) is 12.8 Å². The summed E-state index contributed by atoms with van der Waals surface area (Å²) in [7, 11) is 1.54. The van der Waals surface area contributed by atoms with E-state index in [2.05, 4.69) is 31.0 Å². The van der Waals surface area contributed by atoms with Gasteiger partial charge < -0.3 is 4.74 Å². The van der Waals surface area contributed by atoms with Gasteiger partial charge in [-0.2, -0.15) is 5.10 Å². The van der Waals surface area contributed by atoms with Gasteiger partial charge in [0.25, 0.3) is 0 Å². The number of nitrogens with one attached hydrogen (secondary N) is 2. The highest BCUT2D eigenvalue weighted by molar-refractivity contribution is 5.72. The number of aryl methyl sites for hydroxylation is 1. The molecule has 1 aromatic heterocycles. The topological polar surface area (TPSA) is 61.8 Å². The van der Waals surface area contributed by atoms with Crippen molar-refractivity contribution in [1.29, 1.82) is 5.41 Å². The zero-order valence-corrected chi connectivity index (χ0v) is 10.6. The van der Waals surface area contributed by atoms with Crippen LogP contribution in [0.1, 0.15) is 50.1 Å². The summed E-state index contributed by atoms with van der Waals surface area (Å²) in [5.41, 5.74) is 3.58. The van der Waals surface area contributed by atoms with Gasteiger partial charge in [-0.25, -0.2) is 0 Å². The standard InChI is InChI=1S/C12H21N3O/c1-5-10-9(6-7-11(13)16-4)12(8(2)3)15-14-10/h8,13H,5-7H2,1-4H3,(H,14,15). The molecule has 0 bridgehead atoms.